The molecule has 0 aliphatic heterocycles. The maximum atomic E-state index is 3.59. The van der Waals surface area contributed by atoms with Crippen LogP contribution in [0.2, 0.25) is 0 Å². The monoisotopic (exact) mass is 298 g/mol. The van der Waals surface area contributed by atoms with E-state index in [9.17, 15) is 0 Å². The van der Waals surface area contributed by atoms with E-state index in [4.69, 9.17) is 0 Å². The summed E-state index contributed by atoms with van der Waals surface area (Å²) in [6.07, 6.45) is 0. The summed E-state index contributed by atoms with van der Waals surface area (Å²) in [5, 5.41) is 3.39. The second-order valence-electron chi connectivity index (χ2n) is 4.70. The fourth-order valence-corrected chi connectivity index (χ4v) is 2.38. The molecule has 17 heavy (non-hydrogen) atoms. The SMILES string of the molecule is CCNCC(C)CN(C)Cc1ccccc1Br. The van der Waals surface area contributed by atoms with Crippen LogP contribution in [0.15, 0.2) is 28.7 Å². The van der Waals surface area contributed by atoms with E-state index >= 15 is 0 Å². The topological polar surface area (TPSA) is 15.3 Å². The highest BCUT2D eigenvalue weighted by Crippen LogP contribution is 2.17. The second kappa shape index (κ2) is 7.85. The lowest BCUT2D eigenvalue weighted by atomic mass is 10.1. The number of rotatable bonds is 7. The zero-order chi connectivity index (χ0) is 12.7. The lowest BCUT2D eigenvalue weighted by molar-refractivity contribution is 0.274. The zero-order valence-electron chi connectivity index (χ0n) is 11.0. The third-order valence-corrected chi connectivity index (χ3v) is 3.54. The highest BCUT2D eigenvalue weighted by atomic mass is 79.9. The standard InChI is InChI=1S/C14H23BrN2/c1-4-16-9-12(2)10-17(3)11-13-7-5-6-8-14(13)15/h5-8,12,16H,4,9-11H2,1-3H3. The highest BCUT2D eigenvalue weighted by Gasteiger charge is 2.07. The predicted octanol–water partition coefficient (Wildman–Crippen LogP) is 3.13. The minimum atomic E-state index is 0.683. The molecule has 0 spiro atoms. The Labute approximate surface area is 114 Å². The molecule has 0 aliphatic rings. The Bertz CT molecular complexity index is 328. The summed E-state index contributed by atoms with van der Waals surface area (Å²) in [5.41, 5.74) is 1.35. The Hall–Kier alpha value is -0.380. The molecular formula is C14H23BrN2. The van der Waals surface area contributed by atoms with Crippen LogP contribution in [-0.2, 0) is 6.54 Å². The number of hydrogen-bond donors (Lipinski definition) is 1. The van der Waals surface area contributed by atoms with E-state index in [1.807, 2.05) is 0 Å². The number of benzene rings is 1. The van der Waals surface area contributed by atoms with E-state index in [1.54, 1.807) is 0 Å². The second-order valence-corrected chi connectivity index (χ2v) is 5.56. The van der Waals surface area contributed by atoms with Crippen molar-refractivity contribution in [2.45, 2.75) is 20.4 Å². The van der Waals surface area contributed by atoms with Crippen LogP contribution in [0, 0.1) is 5.92 Å². The van der Waals surface area contributed by atoms with Crippen molar-refractivity contribution >= 4 is 15.9 Å². The van der Waals surface area contributed by atoms with Crippen LogP contribution in [0.3, 0.4) is 0 Å². The first kappa shape index (κ1) is 14.7. The molecule has 1 rings (SSSR count). The van der Waals surface area contributed by atoms with Gasteiger partial charge in [-0.3, -0.25) is 0 Å². The van der Waals surface area contributed by atoms with Crippen molar-refractivity contribution in [1.82, 2.24) is 10.2 Å². The van der Waals surface area contributed by atoms with E-state index in [0.717, 1.165) is 26.2 Å². The Morgan fingerprint density at radius 1 is 1.35 bits per heavy atom. The summed E-state index contributed by atoms with van der Waals surface area (Å²) in [6.45, 7) is 8.71. The first-order chi connectivity index (χ1) is 8.13. The van der Waals surface area contributed by atoms with E-state index in [-0.39, 0.29) is 0 Å². The quantitative estimate of drug-likeness (QED) is 0.832. The molecule has 1 aromatic rings. The Morgan fingerprint density at radius 3 is 2.71 bits per heavy atom. The van der Waals surface area contributed by atoms with Crippen molar-refractivity contribution in [1.29, 1.82) is 0 Å². The van der Waals surface area contributed by atoms with Gasteiger partial charge in [-0.15, -0.1) is 0 Å². The molecule has 0 aliphatic carbocycles. The van der Waals surface area contributed by atoms with Gasteiger partial charge in [0.05, 0.1) is 0 Å². The summed E-state index contributed by atoms with van der Waals surface area (Å²) in [4.78, 5) is 2.38. The van der Waals surface area contributed by atoms with Crippen molar-refractivity contribution in [3.05, 3.63) is 34.3 Å². The molecule has 96 valence electrons. The van der Waals surface area contributed by atoms with Crippen LogP contribution in [0.5, 0.6) is 0 Å². The van der Waals surface area contributed by atoms with Gasteiger partial charge >= 0.3 is 0 Å². The smallest absolute Gasteiger partial charge is 0.0242 e. The minimum absolute atomic E-state index is 0.683. The molecule has 0 radical (unpaired) electrons. The van der Waals surface area contributed by atoms with Gasteiger partial charge in [0.25, 0.3) is 0 Å². The minimum Gasteiger partial charge on any atom is -0.317 e. The molecule has 0 fully saturated rings. The fourth-order valence-electron chi connectivity index (χ4n) is 1.97. The molecule has 1 unspecified atom stereocenters. The van der Waals surface area contributed by atoms with Crippen molar-refractivity contribution in [2.75, 3.05) is 26.7 Å². The Balaban J connectivity index is 2.39. The van der Waals surface area contributed by atoms with Crippen LogP contribution in [-0.4, -0.2) is 31.6 Å². The Kier molecular flexibility index (Phi) is 6.78. The lowest BCUT2D eigenvalue weighted by Crippen LogP contribution is -2.30. The summed E-state index contributed by atoms with van der Waals surface area (Å²) >= 11 is 3.59. The summed E-state index contributed by atoms with van der Waals surface area (Å²) < 4.78 is 1.20. The summed E-state index contributed by atoms with van der Waals surface area (Å²) in [7, 11) is 2.18. The van der Waals surface area contributed by atoms with Gasteiger partial charge in [0.2, 0.25) is 0 Å². The number of hydrogen-bond acceptors (Lipinski definition) is 2. The van der Waals surface area contributed by atoms with Crippen LogP contribution in [0.4, 0.5) is 0 Å². The van der Waals surface area contributed by atoms with Crippen molar-refractivity contribution in [3.63, 3.8) is 0 Å². The zero-order valence-corrected chi connectivity index (χ0v) is 12.6. The number of halogens is 1. The number of nitrogens with zero attached hydrogens (tertiary/aromatic N) is 1. The maximum Gasteiger partial charge on any atom is 0.0242 e. The third kappa shape index (κ3) is 5.66. The summed E-state index contributed by atoms with van der Waals surface area (Å²) in [5.74, 6) is 0.683. The van der Waals surface area contributed by atoms with Crippen LogP contribution in [0.25, 0.3) is 0 Å². The fraction of sp³-hybridized carbons (Fsp3) is 0.571. The molecule has 1 atom stereocenters. The molecule has 3 heteroatoms. The molecule has 2 nitrogen and oxygen atoms in total. The van der Waals surface area contributed by atoms with Crippen molar-refractivity contribution < 1.29 is 0 Å². The van der Waals surface area contributed by atoms with E-state index in [0.29, 0.717) is 5.92 Å². The molecule has 0 bridgehead atoms. The molecule has 1 aromatic carbocycles. The Morgan fingerprint density at radius 2 is 2.06 bits per heavy atom. The molecule has 0 aromatic heterocycles. The largest absolute Gasteiger partial charge is 0.317 e. The average Bonchev–Trinajstić information content (AvgIpc) is 2.29. The van der Waals surface area contributed by atoms with Gasteiger partial charge in [-0.1, -0.05) is 48.0 Å². The molecule has 0 amide bonds. The first-order valence-electron chi connectivity index (χ1n) is 6.26. The van der Waals surface area contributed by atoms with Gasteiger partial charge < -0.3 is 10.2 Å². The third-order valence-electron chi connectivity index (χ3n) is 2.76. The van der Waals surface area contributed by atoms with Crippen LogP contribution in [0.1, 0.15) is 19.4 Å². The van der Waals surface area contributed by atoms with Gasteiger partial charge in [-0.25, -0.2) is 0 Å². The number of nitrogens with one attached hydrogen (secondary N) is 1. The van der Waals surface area contributed by atoms with Gasteiger partial charge in [-0.2, -0.15) is 0 Å². The van der Waals surface area contributed by atoms with E-state index in [2.05, 4.69) is 71.3 Å². The molecular weight excluding hydrogens is 276 g/mol. The molecule has 1 N–H and O–H groups in total. The maximum absolute atomic E-state index is 3.59. The van der Waals surface area contributed by atoms with E-state index in [1.165, 1.54) is 10.0 Å². The van der Waals surface area contributed by atoms with E-state index < -0.39 is 0 Å². The average molecular weight is 299 g/mol. The molecule has 0 saturated heterocycles. The molecule has 0 saturated carbocycles. The van der Waals surface area contributed by atoms with Gasteiger partial charge in [0.15, 0.2) is 0 Å². The van der Waals surface area contributed by atoms with Crippen LogP contribution < -0.4 is 5.32 Å². The van der Waals surface area contributed by atoms with Gasteiger partial charge in [0.1, 0.15) is 0 Å². The van der Waals surface area contributed by atoms with Crippen LogP contribution >= 0.6 is 15.9 Å². The summed E-state index contributed by atoms with van der Waals surface area (Å²) in [6, 6.07) is 8.43. The van der Waals surface area contributed by atoms with Gasteiger partial charge in [0, 0.05) is 17.6 Å². The first-order valence-corrected chi connectivity index (χ1v) is 7.05. The highest BCUT2D eigenvalue weighted by molar-refractivity contribution is 9.10. The normalized spacial score (nSPS) is 13.0. The van der Waals surface area contributed by atoms with Crippen molar-refractivity contribution in [2.24, 2.45) is 5.92 Å². The van der Waals surface area contributed by atoms with Gasteiger partial charge in [-0.05, 0) is 37.7 Å². The molecule has 0 heterocycles. The lowest BCUT2D eigenvalue weighted by Gasteiger charge is -2.22. The van der Waals surface area contributed by atoms with Crippen molar-refractivity contribution in [3.8, 4) is 0 Å². The predicted molar refractivity (Wildman–Crippen MR) is 78.2 cm³/mol.